The first-order valence-corrected chi connectivity index (χ1v) is 11.4. The standard InChI is InChI=1S/C26H19F5N6O/c1-13-4-3-5-15(8-13)17-6-7-32-26-20(17)14(2)35-37(26)12-19(38)34-16-9-33-36(10-16)11-18-21(27)23(29)25(31)24(30)22(18)28/h3-10H,11-12H2,1-2H3,(H,34,38). The SMILES string of the molecule is Cc1cccc(-c2ccnc3c2c(C)nn3CC(=O)Nc2cnn(Cc3c(F)c(F)c(F)c(F)c3F)c2)c1. The number of amides is 1. The minimum Gasteiger partial charge on any atom is -0.322 e. The molecule has 5 rings (SSSR count). The molecule has 0 aliphatic carbocycles. The van der Waals surface area contributed by atoms with Crippen molar-refractivity contribution in [3.8, 4) is 11.1 Å². The fourth-order valence-corrected chi connectivity index (χ4v) is 4.25. The van der Waals surface area contributed by atoms with E-state index in [-0.39, 0.29) is 12.2 Å². The van der Waals surface area contributed by atoms with Crippen molar-refractivity contribution in [3.63, 3.8) is 0 Å². The molecule has 0 bridgehead atoms. The lowest BCUT2D eigenvalue weighted by atomic mass is 10.0. The molecule has 0 saturated carbocycles. The van der Waals surface area contributed by atoms with Crippen LogP contribution in [0, 0.1) is 42.9 Å². The summed E-state index contributed by atoms with van der Waals surface area (Å²) in [7, 11) is 0. The van der Waals surface area contributed by atoms with Gasteiger partial charge in [-0.15, -0.1) is 0 Å². The molecule has 0 radical (unpaired) electrons. The van der Waals surface area contributed by atoms with E-state index in [2.05, 4.69) is 20.5 Å². The van der Waals surface area contributed by atoms with Gasteiger partial charge in [-0.25, -0.2) is 31.6 Å². The van der Waals surface area contributed by atoms with E-state index < -0.39 is 47.1 Å². The van der Waals surface area contributed by atoms with Crippen LogP contribution in [0.15, 0.2) is 48.9 Å². The molecule has 0 spiro atoms. The zero-order chi connectivity index (χ0) is 27.1. The maximum atomic E-state index is 14.0. The van der Waals surface area contributed by atoms with Gasteiger partial charge in [0, 0.05) is 17.8 Å². The summed E-state index contributed by atoms with van der Waals surface area (Å²) in [4.78, 5) is 17.1. The summed E-state index contributed by atoms with van der Waals surface area (Å²) in [6.45, 7) is 2.88. The first kappa shape index (κ1) is 25.1. The Morgan fingerprint density at radius 3 is 2.39 bits per heavy atom. The van der Waals surface area contributed by atoms with Crippen LogP contribution in [0.1, 0.15) is 16.8 Å². The molecule has 12 heteroatoms. The van der Waals surface area contributed by atoms with Crippen LogP contribution in [0.2, 0.25) is 0 Å². The molecule has 0 fully saturated rings. The van der Waals surface area contributed by atoms with Crippen LogP contribution in [0.25, 0.3) is 22.2 Å². The van der Waals surface area contributed by atoms with Crippen LogP contribution in [0.4, 0.5) is 27.6 Å². The molecule has 5 aromatic rings. The Morgan fingerprint density at radius 1 is 0.974 bits per heavy atom. The first-order valence-electron chi connectivity index (χ1n) is 11.4. The lowest BCUT2D eigenvalue weighted by molar-refractivity contribution is -0.116. The molecule has 38 heavy (non-hydrogen) atoms. The molecular weight excluding hydrogens is 507 g/mol. The molecule has 2 aromatic carbocycles. The van der Waals surface area contributed by atoms with E-state index in [0.717, 1.165) is 26.8 Å². The third kappa shape index (κ3) is 4.49. The lowest BCUT2D eigenvalue weighted by Crippen LogP contribution is -2.19. The second kappa shape index (κ2) is 9.69. The van der Waals surface area contributed by atoms with Crippen molar-refractivity contribution in [2.45, 2.75) is 26.9 Å². The number of anilines is 1. The van der Waals surface area contributed by atoms with Crippen LogP contribution in [0.3, 0.4) is 0 Å². The lowest BCUT2D eigenvalue weighted by Gasteiger charge is -2.08. The number of halogens is 5. The molecular formula is C26H19F5N6O. The van der Waals surface area contributed by atoms with Gasteiger partial charge < -0.3 is 5.32 Å². The number of fused-ring (bicyclic) bond motifs is 1. The molecule has 0 atom stereocenters. The van der Waals surface area contributed by atoms with Crippen molar-refractivity contribution in [2.75, 3.05) is 5.32 Å². The normalized spacial score (nSPS) is 11.3. The van der Waals surface area contributed by atoms with Gasteiger partial charge in [0.05, 0.1) is 29.7 Å². The number of rotatable bonds is 6. The summed E-state index contributed by atoms with van der Waals surface area (Å²) in [5.74, 6) is -10.7. The molecule has 3 aromatic heterocycles. The fourth-order valence-electron chi connectivity index (χ4n) is 4.25. The third-order valence-electron chi connectivity index (χ3n) is 5.97. The average molecular weight is 526 g/mol. The van der Waals surface area contributed by atoms with Gasteiger partial charge in [0.15, 0.2) is 28.9 Å². The highest BCUT2D eigenvalue weighted by Gasteiger charge is 2.26. The number of nitrogens with zero attached hydrogens (tertiary/aromatic N) is 5. The molecule has 1 N–H and O–H groups in total. The molecule has 7 nitrogen and oxygen atoms in total. The number of benzene rings is 2. The van der Waals surface area contributed by atoms with E-state index in [1.807, 2.05) is 44.2 Å². The molecule has 3 heterocycles. The number of carbonyl (C=O) groups excluding carboxylic acids is 1. The largest absolute Gasteiger partial charge is 0.322 e. The highest BCUT2D eigenvalue weighted by Crippen LogP contribution is 2.30. The Bertz CT molecular complexity index is 1680. The second-order valence-corrected chi connectivity index (χ2v) is 8.69. The van der Waals surface area contributed by atoms with E-state index in [1.54, 1.807) is 6.20 Å². The maximum Gasteiger partial charge on any atom is 0.246 e. The smallest absolute Gasteiger partial charge is 0.246 e. The number of aryl methyl sites for hydroxylation is 2. The van der Waals surface area contributed by atoms with E-state index in [0.29, 0.717) is 11.3 Å². The van der Waals surface area contributed by atoms with Crippen LogP contribution >= 0.6 is 0 Å². The summed E-state index contributed by atoms with van der Waals surface area (Å²) in [6.07, 6.45) is 4.03. The van der Waals surface area contributed by atoms with Gasteiger partial charge in [-0.05, 0) is 31.0 Å². The predicted octanol–water partition coefficient (Wildman–Crippen LogP) is 5.29. The van der Waals surface area contributed by atoms with Crippen LogP contribution < -0.4 is 5.32 Å². The highest BCUT2D eigenvalue weighted by molar-refractivity contribution is 5.96. The van der Waals surface area contributed by atoms with Crippen molar-refractivity contribution in [2.24, 2.45) is 0 Å². The minimum atomic E-state index is -2.24. The Labute approximate surface area is 212 Å². The minimum absolute atomic E-state index is 0.153. The van der Waals surface area contributed by atoms with Gasteiger partial charge >= 0.3 is 0 Å². The fraction of sp³-hybridized carbons (Fsp3) is 0.154. The van der Waals surface area contributed by atoms with Crippen molar-refractivity contribution in [1.82, 2.24) is 24.5 Å². The molecule has 0 unspecified atom stereocenters. The van der Waals surface area contributed by atoms with Crippen LogP contribution in [-0.2, 0) is 17.9 Å². The highest BCUT2D eigenvalue weighted by atomic mass is 19.2. The number of hydrogen-bond donors (Lipinski definition) is 1. The Kier molecular flexibility index (Phi) is 6.39. The molecule has 1 amide bonds. The van der Waals surface area contributed by atoms with Crippen LogP contribution in [-0.4, -0.2) is 30.5 Å². The Morgan fingerprint density at radius 2 is 1.68 bits per heavy atom. The summed E-state index contributed by atoms with van der Waals surface area (Å²) in [5, 5.41) is 11.7. The van der Waals surface area contributed by atoms with E-state index in [1.165, 1.54) is 17.1 Å². The second-order valence-electron chi connectivity index (χ2n) is 8.69. The van der Waals surface area contributed by atoms with E-state index in [4.69, 9.17) is 0 Å². The number of nitrogens with one attached hydrogen (secondary N) is 1. The van der Waals surface area contributed by atoms with Crippen molar-refractivity contribution in [1.29, 1.82) is 0 Å². The molecule has 0 aliphatic rings. The van der Waals surface area contributed by atoms with Gasteiger partial charge in [0.25, 0.3) is 0 Å². The van der Waals surface area contributed by atoms with Gasteiger partial charge in [-0.3, -0.25) is 9.48 Å². The number of hydrogen-bond acceptors (Lipinski definition) is 4. The summed E-state index contributed by atoms with van der Waals surface area (Å²) < 4.78 is 70.6. The monoisotopic (exact) mass is 526 g/mol. The van der Waals surface area contributed by atoms with Crippen molar-refractivity contribution >= 4 is 22.6 Å². The molecule has 0 saturated heterocycles. The maximum absolute atomic E-state index is 14.0. The first-order chi connectivity index (χ1) is 18.1. The number of aromatic nitrogens is 5. The number of carbonyl (C=O) groups is 1. The van der Waals surface area contributed by atoms with Gasteiger partial charge in [-0.2, -0.15) is 10.2 Å². The topological polar surface area (TPSA) is 77.6 Å². The van der Waals surface area contributed by atoms with Gasteiger partial charge in [0.1, 0.15) is 6.54 Å². The zero-order valence-corrected chi connectivity index (χ0v) is 20.1. The molecule has 194 valence electrons. The van der Waals surface area contributed by atoms with E-state index >= 15 is 0 Å². The Hall–Kier alpha value is -4.61. The molecule has 0 aliphatic heterocycles. The van der Waals surface area contributed by atoms with Crippen LogP contribution in [0.5, 0.6) is 0 Å². The Balaban J connectivity index is 1.35. The van der Waals surface area contributed by atoms with Gasteiger partial charge in [-0.1, -0.05) is 29.8 Å². The summed E-state index contributed by atoms with van der Waals surface area (Å²) in [5.41, 5.74) is 3.32. The van der Waals surface area contributed by atoms with Crippen molar-refractivity contribution < 1.29 is 26.7 Å². The number of pyridine rings is 1. The quantitative estimate of drug-likeness (QED) is 0.185. The summed E-state index contributed by atoms with van der Waals surface area (Å²) in [6, 6.07) is 9.86. The third-order valence-corrected chi connectivity index (χ3v) is 5.97. The van der Waals surface area contributed by atoms with Gasteiger partial charge in [0.2, 0.25) is 11.7 Å². The zero-order valence-electron chi connectivity index (χ0n) is 20.1. The van der Waals surface area contributed by atoms with Crippen molar-refractivity contribution in [3.05, 3.63) is 94.8 Å². The summed E-state index contributed by atoms with van der Waals surface area (Å²) >= 11 is 0. The average Bonchev–Trinajstić information content (AvgIpc) is 3.47. The predicted molar refractivity (Wildman–Crippen MR) is 129 cm³/mol. The van der Waals surface area contributed by atoms with E-state index in [9.17, 15) is 26.7 Å².